The van der Waals surface area contributed by atoms with E-state index in [2.05, 4.69) is 12.2 Å². The quantitative estimate of drug-likeness (QED) is 0.650. The van der Waals surface area contributed by atoms with Crippen LogP contribution in [0.1, 0.15) is 71.1 Å². The summed E-state index contributed by atoms with van der Waals surface area (Å²) in [5, 5.41) is 4.23. The van der Waals surface area contributed by atoms with Crippen LogP contribution in [0, 0.1) is 5.41 Å². The molecule has 0 unspecified atom stereocenters. The Morgan fingerprint density at radius 2 is 1.50 bits per heavy atom. The van der Waals surface area contributed by atoms with Crippen molar-refractivity contribution in [2.75, 3.05) is 0 Å². The zero-order valence-electron chi connectivity index (χ0n) is 11.7. The van der Waals surface area contributed by atoms with Gasteiger partial charge in [0.15, 0.2) is 0 Å². The van der Waals surface area contributed by atoms with Crippen LogP contribution in [0.3, 0.4) is 0 Å². The molecule has 1 saturated carbocycles. The lowest BCUT2D eigenvalue weighted by molar-refractivity contribution is 0.176. The maximum atomic E-state index is 5.71. The summed E-state index contributed by atoms with van der Waals surface area (Å²) in [4.78, 5) is 0. The number of hydrogen-bond acceptors (Lipinski definition) is 1. The maximum absolute atomic E-state index is 5.71. The molecule has 101 valence electrons. The first kappa shape index (κ1) is 13.5. The van der Waals surface area contributed by atoms with Crippen molar-refractivity contribution in [3.05, 3.63) is 24.4 Å². The van der Waals surface area contributed by atoms with Gasteiger partial charge in [-0.3, -0.25) is 5.32 Å². The number of rotatable bonds is 1. The molecule has 0 atom stereocenters. The van der Waals surface area contributed by atoms with Gasteiger partial charge in [0.05, 0.1) is 12.4 Å². The summed E-state index contributed by atoms with van der Waals surface area (Å²) >= 11 is 0. The Kier molecular flexibility index (Phi) is 5.15. The van der Waals surface area contributed by atoms with Gasteiger partial charge in [-0.05, 0) is 12.8 Å². The molecule has 0 saturated heterocycles. The summed E-state index contributed by atoms with van der Waals surface area (Å²) in [7, 11) is 0. The fourth-order valence-corrected chi connectivity index (χ4v) is 3.04. The minimum atomic E-state index is 0.193. The van der Waals surface area contributed by atoms with Gasteiger partial charge in [0.2, 0.25) is 0 Å². The molecule has 0 aromatic rings. The molecule has 0 aromatic carbocycles. The third kappa shape index (κ3) is 3.79. The average Bonchev–Trinajstić information content (AvgIpc) is 2.46. The molecular weight excluding hydrogens is 222 g/mol. The van der Waals surface area contributed by atoms with E-state index in [0.29, 0.717) is 0 Å². The zero-order chi connectivity index (χ0) is 12.7. The third-order valence-electron chi connectivity index (χ3n) is 4.34. The van der Waals surface area contributed by atoms with Gasteiger partial charge in [0, 0.05) is 5.41 Å². The molecule has 1 fully saturated rings. The highest BCUT2D eigenvalue weighted by molar-refractivity contribution is 5.10. The van der Waals surface area contributed by atoms with Crippen LogP contribution in [-0.2, 0) is 4.74 Å². The molecular formula is C16H26NO. The van der Waals surface area contributed by atoms with Crippen LogP contribution in [0.25, 0.3) is 0 Å². The molecule has 0 bridgehead atoms. The molecule has 18 heavy (non-hydrogen) atoms. The lowest BCUT2D eigenvalue weighted by atomic mass is 9.78. The summed E-state index contributed by atoms with van der Waals surface area (Å²) < 4.78 is 5.71. The Hall–Kier alpha value is -0.920. The molecule has 0 amide bonds. The molecule has 1 aliphatic carbocycles. The van der Waals surface area contributed by atoms with Crippen molar-refractivity contribution in [1.82, 2.24) is 5.32 Å². The van der Waals surface area contributed by atoms with Gasteiger partial charge in [-0.15, -0.1) is 0 Å². The van der Waals surface area contributed by atoms with Gasteiger partial charge in [0.1, 0.15) is 12.0 Å². The summed E-state index contributed by atoms with van der Waals surface area (Å²) in [5.41, 5.74) is 0.193. The molecule has 0 spiro atoms. The fraction of sp³-hybridized carbons (Fsp3) is 0.750. The fourth-order valence-electron chi connectivity index (χ4n) is 3.04. The van der Waals surface area contributed by atoms with Crippen LogP contribution in [0.5, 0.6) is 0 Å². The van der Waals surface area contributed by atoms with Gasteiger partial charge in [-0.25, -0.2) is 0 Å². The number of ether oxygens (including phenoxy) is 1. The van der Waals surface area contributed by atoms with Crippen molar-refractivity contribution in [2.45, 2.75) is 71.1 Å². The number of allylic oxidation sites excluding steroid dienone is 1. The highest BCUT2D eigenvalue weighted by atomic mass is 16.5. The van der Waals surface area contributed by atoms with Crippen LogP contribution in [-0.4, -0.2) is 0 Å². The molecule has 2 heteroatoms. The van der Waals surface area contributed by atoms with Crippen molar-refractivity contribution in [2.24, 2.45) is 5.41 Å². The molecule has 1 heterocycles. The van der Waals surface area contributed by atoms with Crippen LogP contribution in [0.2, 0.25) is 0 Å². The predicted octanol–water partition coefficient (Wildman–Crippen LogP) is 4.85. The molecule has 0 aromatic heterocycles. The number of hydrogen-bond donors (Lipinski definition) is 0. The van der Waals surface area contributed by atoms with Crippen molar-refractivity contribution in [3.63, 3.8) is 0 Å². The smallest absolute Gasteiger partial charge is 0.127 e. The van der Waals surface area contributed by atoms with E-state index >= 15 is 0 Å². The summed E-state index contributed by atoms with van der Waals surface area (Å²) in [6.45, 7) is 2.35. The first-order valence-electron chi connectivity index (χ1n) is 7.54. The average molecular weight is 248 g/mol. The Labute approximate surface area is 111 Å². The predicted molar refractivity (Wildman–Crippen MR) is 74.7 cm³/mol. The summed E-state index contributed by atoms with van der Waals surface area (Å²) in [5.74, 6) is 1.07. The molecule has 2 rings (SSSR count). The van der Waals surface area contributed by atoms with E-state index in [9.17, 15) is 0 Å². The Bertz CT molecular complexity index is 294. The highest BCUT2D eigenvalue weighted by Gasteiger charge is 2.30. The van der Waals surface area contributed by atoms with E-state index in [0.717, 1.165) is 5.76 Å². The van der Waals surface area contributed by atoms with Crippen LogP contribution in [0.15, 0.2) is 24.4 Å². The Morgan fingerprint density at radius 3 is 2.00 bits per heavy atom. The first-order chi connectivity index (χ1) is 8.81. The van der Waals surface area contributed by atoms with Crippen molar-refractivity contribution < 1.29 is 4.74 Å². The van der Waals surface area contributed by atoms with E-state index in [4.69, 9.17) is 4.74 Å². The lowest BCUT2D eigenvalue weighted by Crippen LogP contribution is -2.22. The maximum Gasteiger partial charge on any atom is 0.127 e. The van der Waals surface area contributed by atoms with E-state index in [1.165, 1.54) is 64.2 Å². The van der Waals surface area contributed by atoms with Crippen LogP contribution in [0.4, 0.5) is 0 Å². The van der Waals surface area contributed by atoms with E-state index in [-0.39, 0.29) is 5.41 Å². The van der Waals surface area contributed by atoms with E-state index < -0.39 is 0 Å². The SMILES string of the molecule is CC1(C2=C[N]C=CO2)CCCCCCCCCC1. The normalized spacial score (nSPS) is 25.3. The largest absolute Gasteiger partial charge is 0.466 e. The zero-order valence-corrected chi connectivity index (χ0v) is 11.7. The highest BCUT2D eigenvalue weighted by Crippen LogP contribution is 2.40. The first-order valence-corrected chi connectivity index (χ1v) is 7.54. The van der Waals surface area contributed by atoms with E-state index in [1.807, 2.05) is 6.20 Å². The minimum absolute atomic E-state index is 0.193. The van der Waals surface area contributed by atoms with Gasteiger partial charge in [0.25, 0.3) is 0 Å². The van der Waals surface area contributed by atoms with Gasteiger partial charge < -0.3 is 4.74 Å². The summed E-state index contributed by atoms with van der Waals surface area (Å²) in [6.07, 6.45) is 18.9. The molecule has 1 aliphatic heterocycles. The molecule has 1 radical (unpaired) electrons. The topological polar surface area (TPSA) is 23.3 Å². The van der Waals surface area contributed by atoms with Crippen LogP contribution < -0.4 is 5.32 Å². The lowest BCUT2D eigenvalue weighted by Gasteiger charge is -2.32. The third-order valence-corrected chi connectivity index (χ3v) is 4.34. The Morgan fingerprint density at radius 1 is 0.944 bits per heavy atom. The standard InChI is InChI=1S/C16H26NO/c1-16(15-14-17-12-13-18-15)10-8-6-4-2-3-5-7-9-11-16/h12-14H,2-11H2,1H3. The van der Waals surface area contributed by atoms with E-state index in [1.54, 1.807) is 12.5 Å². The monoisotopic (exact) mass is 248 g/mol. The van der Waals surface area contributed by atoms with Crippen molar-refractivity contribution in [3.8, 4) is 0 Å². The Balaban J connectivity index is 1.98. The molecule has 2 aliphatic rings. The van der Waals surface area contributed by atoms with Gasteiger partial charge >= 0.3 is 0 Å². The van der Waals surface area contributed by atoms with Crippen molar-refractivity contribution in [1.29, 1.82) is 0 Å². The summed E-state index contributed by atoms with van der Waals surface area (Å²) in [6, 6.07) is 0. The number of nitrogens with zero attached hydrogens (tertiary/aromatic N) is 1. The second kappa shape index (κ2) is 6.86. The molecule has 2 nitrogen and oxygen atoms in total. The van der Waals surface area contributed by atoms with Gasteiger partial charge in [-0.1, -0.05) is 58.3 Å². The van der Waals surface area contributed by atoms with Crippen LogP contribution >= 0.6 is 0 Å². The van der Waals surface area contributed by atoms with Gasteiger partial charge in [-0.2, -0.15) is 0 Å². The molecule has 0 N–H and O–H groups in total. The minimum Gasteiger partial charge on any atom is -0.466 e. The van der Waals surface area contributed by atoms with Crippen molar-refractivity contribution >= 4 is 0 Å². The second-order valence-electron chi connectivity index (χ2n) is 5.93. The second-order valence-corrected chi connectivity index (χ2v) is 5.93.